The Kier molecular flexibility index (Phi) is 8.01. The average Bonchev–Trinajstić information content (AvgIpc) is 2.56. The lowest BCUT2D eigenvalue weighted by Gasteiger charge is -2.38. The highest BCUT2D eigenvalue weighted by Crippen LogP contribution is 2.29. The first-order valence-corrected chi connectivity index (χ1v) is 9.09. The normalized spacial score (nSPS) is 22.1. The van der Waals surface area contributed by atoms with E-state index >= 15 is 0 Å². The number of aliphatic hydroxyl groups excluding tert-OH is 1. The number of hydrogen-bond donors (Lipinski definition) is 1. The van der Waals surface area contributed by atoms with Crippen LogP contribution in [0.15, 0.2) is 0 Å². The minimum atomic E-state index is -1.21. The molecule has 144 valence electrons. The van der Waals surface area contributed by atoms with Crippen LogP contribution in [0, 0.1) is 0 Å². The molecular weight excluding hydrogens is 350 g/mol. The predicted molar refractivity (Wildman–Crippen MR) is 92.2 cm³/mol. The maximum absolute atomic E-state index is 12.3. The third-order valence-electron chi connectivity index (χ3n) is 3.62. The van der Waals surface area contributed by atoms with E-state index in [9.17, 15) is 19.5 Å². The van der Waals surface area contributed by atoms with Crippen molar-refractivity contribution in [2.24, 2.45) is 0 Å². The Balaban J connectivity index is 2.71. The largest absolute Gasteiger partial charge is 0.467 e. The summed E-state index contributed by atoms with van der Waals surface area (Å²) in [5, 5.41) is 9.67. The van der Waals surface area contributed by atoms with Gasteiger partial charge in [-0.25, -0.2) is 14.4 Å². The van der Waals surface area contributed by atoms with Crippen LogP contribution in [0.4, 0.5) is 4.79 Å². The van der Waals surface area contributed by atoms with E-state index in [1.165, 1.54) is 30.9 Å². The minimum Gasteiger partial charge on any atom is -0.467 e. The van der Waals surface area contributed by atoms with Crippen molar-refractivity contribution in [3.63, 3.8) is 0 Å². The zero-order chi connectivity index (χ0) is 19.2. The number of aliphatic hydroxyl groups is 1. The Morgan fingerprint density at radius 1 is 1.24 bits per heavy atom. The summed E-state index contributed by atoms with van der Waals surface area (Å²) >= 11 is 1.37. The summed E-state index contributed by atoms with van der Waals surface area (Å²) < 4.78 is 14.6. The van der Waals surface area contributed by atoms with Gasteiger partial charge >= 0.3 is 18.0 Å². The smallest absolute Gasteiger partial charge is 0.411 e. The molecule has 1 rings (SSSR count). The zero-order valence-corrected chi connectivity index (χ0v) is 16.1. The predicted octanol–water partition coefficient (Wildman–Crippen LogP) is 1.19. The van der Waals surface area contributed by atoms with Crippen LogP contribution in [0.25, 0.3) is 0 Å². The van der Waals surface area contributed by atoms with E-state index in [1.807, 2.05) is 0 Å². The molecule has 1 aliphatic rings. The fourth-order valence-corrected chi connectivity index (χ4v) is 3.60. The summed E-state index contributed by atoms with van der Waals surface area (Å²) in [4.78, 5) is 37.0. The number of hydrogen-bond acceptors (Lipinski definition) is 8. The lowest BCUT2D eigenvalue weighted by molar-refractivity contribution is -0.149. The number of rotatable bonds is 5. The van der Waals surface area contributed by atoms with Crippen molar-refractivity contribution in [1.29, 1.82) is 0 Å². The van der Waals surface area contributed by atoms with E-state index in [1.54, 1.807) is 20.8 Å². The third-order valence-corrected chi connectivity index (χ3v) is 5.03. The molecule has 25 heavy (non-hydrogen) atoms. The molecule has 9 heteroatoms. The molecular formula is C16H27NO7S. The minimum absolute atomic E-state index is 0.00194. The molecule has 3 atom stereocenters. The molecule has 1 fully saturated rings. The van der Waals surface area contributed by atoms with Gasteiger partial charge in [0.1, 0.15) is 11.6 Å². The highest BCUT2D eigenvalue weighted by molar-refractivity contribution is 7.99. The third kappa shape index (κ3) is 6.74. The molecule has 0 aromatic heterocycles. The fraction of sp³-hybridized carbons (Fsp3) is 0.812. The van der Waals surface area contributed by atoms with Gasteiger partial charge in [0.05, 0.1) is 14.2 Å². The van der Waals surface area contributed by atoms with E-state index < -0.39 is 35.8 Å². The van der Waals surface area contributed by atoms with Gasteiger partial charge in [0.2, 0.25) is 0 Å². The Labute approximate surface area is 152 Å². The van der Waals surface area contributed by atoms with Crippen molar-refractivity contribution in [1.82, 2.24) is 4.90 Å². The van der Waals surface area contributed by atoms with E-state index in [2.05, 4.69) is 4.74 Å². The number of carbonyl (C=O) groups excluding carboxylic acids is 3. The first-order chi connectivity index (χ1) is 11.6. The molecule has 0 aromatic carbocycles. The molecule has 0 aromatic rings. The highest BCUT2D eigenvalue weighted by Gasteiger charge is 2.39. The Bertz CT molecular complexity index is 491. The fourth-order valence-electron chi connectivity index (χ4n) is 2.41. The summed E-state index contributed by atoms with van der Waals surface area (Å²) in [6, 6.07) is -0.749. The van der Waals surface area contributed by atoms with Gasteiger partial charge in [0, 0.05) is 17.5 Å². The first-order valence-electron chi connectivity index (χ1n) is 8.04. The molecule has 0 aliphatic carbocycles. The Morgan fingerprint density at radius 2 is 1.88 bits per heavy atom. The number of likely N-dealkylation sites (tertiary alicyclic amines) is 1. The van der Waals surface area contributed by atoms with Crippen molar-refractivity contribution in [2.75, 3.05) is 26.5 Å². The van der Waals surface area contributed by atoms with Gasteiger partial charge in [0.15, 0.2) is 6.10 Å². The van der Waals surface area contributed by atoms with E-state index in [4.69, 9.17) is 9.47 Å². The second-order valence-electron chi connectivity index (χ2n) is 6.73. The number of methoxy groups -OCH3 is 2. The number of piperidine rings is 1. The number of amides is 1. The molecule has 0 radical (unpaired) electrons. The van der Waals surface area contributed by atoms with Crippen LogP contribution in [-0.2, 0) is 23.8 Å². The number of ether oxygens (including phenoxy) is 3. The first kappa shape index (κ1) is 21.6. The van der Waals surface area contributed by atoms with Crippen molar-refractivity contribution in [3.05, 3.63) is 0 Å². The van der Waals surface area contributed by atoms with Crippen LogP contribution < -0.4 is 0 Å². The van der Waals surface area contributed by atoms with Crippen LogP contribution in [0.2, 0.25) is 0 Å². The van der Waals surface area contributed by atoms with Crippen LogP contribution in [0.5, 0.6) is 0 Å². The number of thioether (sulfide) groups is 1. The van der Waals surface area contributed by atoms with Gasteiger partial charge in [0.25, 0.3) is 0 Å². The summed E-state index contributed by atoms with van der Waals surface area (Å²) in [6.07, 6.45) is -0.785. The van der Waals surface area contributed by atoms with Crippen LogP contribution >= 0.6 is 11.8 Å². The molecule has 0 bridgehead atoms. The van der Waals surface area contributed by atoms with E-state index in [0.29, 0.717) is 19.4 Å². The standard InChI is InChI=1S/C16H27NO7S/c1-16(2,3)24-15(21)17-7-6-10(8-11(17)13(19)22-4)25-9-12(18)14(20)23-5/h10-12,18H,6-9H2,1-5H3/t10-,11+,12+/m0/s1. The molecule has 0 saturated carbocycles. The summed E-state index contributed by atoms with van der Waals surface area (Å²) in [6.45, 7) is 5.61. The molecule has 0 unspecified atom stereocenters. The van der Waals surface area contributed by atoms with Crippen molar-refractivity contribution >= 4 is 29.8 Å². The second kappa shape index (κ2) is 9.28. The molecule has 1 N–H and O–H groups in total. The number of nitrogens with zero attached hydrogens (tertiary/aromatic N) is 1. The van der Waals surface area contributed by atoms with Gasteiger partial charge < -0.3 is 19.3 Å². The Morgan fingerprint density at radius 3 is 2.40 bits per heavy atom. The maximum Gasteiger partial charge on any atom is 0.411 e. The zero-order valence-electron chi connectivity index (χ0n) is 15.3. The molecule has 1 amide bonds. The quantitative estimate of drug-likeness (QED) is 0.563. The van der Waals surface area contributed by atoms with E-state index in [-0.39, 0.29) is 11.0 Å². The molecule has 0 spiro atoms. The van der Waals surface area contributed by atoms with E-state index in [0.717, 1.165) is 0 Å². The highest BCUT2D eigenvalue weighted by atomic mass is 32.2. The summed E-state index contributed by atoms with van der Waals surface area (Å²) in [5.41, 5.74) is -0.659. The lowest BCUT2D eigenvalue weighted by atomic mass is 10.0. The van der Waals surface area contributed by atoms with Crippen molar-refractivity contribution < 1.29 is 33.7 Å². The molecule has 1 heterocycles. The number of carbonyl (C=O) groups is 3. The van der Waals surface area contributed by atoms with Crippen LogP contribution in [-0.4, -0.2) is 77.6 Å². The van der Waals surface area contributed by atoms with Gasteiger partial charge in [-0.3, -0.25) is 4.90 Å². The van der Waals surface area contributed by atoms with Gasteiger partial charge in [-0.15, -0.1) is 0 Å². The van der Waals surface area contributed by atoms with Gasteiger partial charge in [-0.05, 0) is 33.6 Å². The topological polar surface area (TPSA) is 102 Å². The maximum atomic E-state index is 12.3. The van der Waals surface area contributed by atoms with Gasteiger partial charge in [-0.2, -0.15) is 11.8 Å². The van der Waals surface area contributed by atoms with Gasteiger partial charge in [-0.1, -0.05) is 0 Å². The molecule has 1 saturated heterocycles. The monoisotopic (exact) mass is 377 g/mol. The molecule has 1 aliphatic heterocycles. The number of esters is 2. The summed E-state index contributed by atoms with van der Waals surface area (Å²) in [7, 11) is 2.48. The summed E-state index contributed by atoms with van der Waals surface area (Å²) in [5.74, 6) is -1.04. The van der Waals surface area contributed by atoms with Crippen molar-refractivity contribution in [3.8, 4) is 0 Å². The Hall–Kier alpha value is -1.48. The lowest BCUT2D eigenvalue weighted by Crippen LogP contribution is -2.52. The second-order valence-corrected chi connectivity index (χ2v) is 8.06. The SMILES string of the molecule is COC(=O)[C@H](O)CS[C@H]1CCN(C(=O)OC(C)(C)C)[C@@H](C(=O)OC)C1. The van der Waals surface area contributed by atoms with Crippen LogP contribution in [0.3, 0.4) is 0 Å². The molecule has 8 nitrogen and oxygen atoms in total. The van der Waals surface area contributed by atoms with Crippen molar-refractivity contribution in [2.45, 2.75) is 56.6 Å². The average molecular weight is 377 g/mol. The van der Waals surface area contributed by atoms with Crippen LogP contribution in [0.1, 0.15) is 33.6 Å².